The number of hydrogen-bond acceptors (Lipinski definition) is 5. The molecule has 0 bridgehead atoms. The smallest absolute Gasteiger partial charge is 0.339 e. The summed E-state index contributed by atoms with van der Waals surface area (Å²) in [5, 5.41) is 12.3. The van der Waals surface area contributed by atoms with Gasteiger partial charge in [-0.05, 0) is 43.2 Å². The van der Waals surface area contributed by atoms with Crippen LogP contribution in [0.2, 0.25) is 5.02 Å². The topological polar surface area (TPSA) is 96.3 Å². The number of carbonyl (C=O) groups is 3. The molecule has 2 rings (SSSR count). The summed E-state index contributed by atoms with van der Waals surface area (Å²) in [6, 6.07) is 14.5. The fraction of sp³-hybridized carbons (Fsp3) is 0.273. The van der Waals surface area contributed by atoms with E-state index >= 15 is 0 Å². The van der Waals surface area contributed by atoms with E-state index in [1.165, 1.54) is 12.1 Å². The molecule has 7 heteroatoms. The van der Waals surface area contributed by atoms with Gasteiger partial charge in [0, 0.05) is 16.1 Å². The standard InChI is InChI=1S/C22H21ClN2O4/c1-14(2)22(3,13-24)25-19(26)12-29-21(28)18-7-5-4-6-17(18)20(27)15-8-10-16(23)11-9-15/h4-11,14H,12H2,1-3H3,(H,25,26)/t22-/m0/s1. The lowest BCUT2D eigenvalue weighted by molar-refractivity contribution is -0.125. The Hall–Kier alpha value is -3.17. The maximum absolute atomic E-state index is 12.8. The molecule has 29 heavy (non-hydrogen) atoms. The molecule has 0 aromatic heterocycles. The van der Waals surface area contributed by atoms with E-state index in [1.807, 2.05) is 6.07 Å². The maximum atomic E-state index is 12.8. The molecule has 0 saturated carbocycles. The quantitative estimate of drug-likeness (QED) is 0.551. The number of benzene rings is 2. The van der Waals surface area contributed by atoms with Gasteiger partial charge in [-0.1, -0.05) is 43.6 Å². The summed E-state index contributed by atoms with van der Waals surface area (Å²) in [4.78, 5) is 37.4. The van der Waals surface area contributed by atoms with Crippen LogP contribution in [0.5, 0.6) is 0 Å². The largest absolute Gasteiger partial charge is 0.452 e. The number of ketones is 1. The van der Waals surface area contributed by atoms with Crippen LogP contribution in [0.25, 0.3) is 0 Å². The number of halogens is 1. The number of nitrogens with zero attached hydrogens (tertiary/aromatic N) is 1. The summed E-state index contributed by atoms with van der Waals surface area (Å²) in [5.74, 6) is -1.90. The van der Waals surface area contributed by atoms with E-state index in [0.29, 0.717) is 10.6 Å². The first-order valence-corrected chi connectivity index (χ1v) is 9.34. The second-order valence-electron chi connectivity index (χ2n) is 6.97. The van der Waals surface area contributed by atoms with Gasteiger partial charge < -0.3 is 10.1 Å². The minimum atomic E-state index is -1.08. The van der Waals surface area contributed by atoms with Gasteiger partial charge >= 0.3 is 5.97 Å². The van der Waals surface area contributed by atoms with Crippen molar-refractivity contribution in [3.8, 4) is 6.07 Å². The molecule has 0 heterocycles. The lowest BCUT2D eigenvalue weighted by atomic mass is 9.90. The minimum Gasteiger partial charge on any atom is -0.452 e. The van der Waals surface area contributed by atoms with Gasteiger partial charge in [0.2, 0.25) is 0 Å². The lowest BCUT2D eigenvalue weighted by Crippen LogP contribution is -2.50. The highest BCUT2D eigenvalue weighted by molar-refractivity contribution is 6.30. The van der Waals surface area contributed by atoms with Crippen molar-refractivity contribution in [3.63, 3.8) is 0 Å². The Bertz CT molecular complexity index is 964. The van der Waals surface area contributed by atoms with E-state index in [0.717, 1.165) is 0 Å². The number of nitrogens with one attached hydrogen (secondary N) is 1. The number of ether oxygens (including phenoxy) is 1. The van der Waals surface area contributed by atoms with Crippen molar-refractivity contribution in [2.45, 2.75) is 26.3 Å². The third kappa shape index (κ3) is 5.43. The van der Waals surface area contributed by atoms with Gasteiger partial charge in [0.1, 0.15) is 5.54 Å². The van der Waals surface area contributed by atoms with E-state index in [-0.39, 0.29) is 22.8 Å². The van der Waals surface area contributed by atoms with Crippen LogP contribution in [0, 0.1) is 17.2 Å². The molecule has 1 N–H and O–H groups in total. The van der Waals surface area contributed by atoms with Crippen molar-refractivity contribution in [2.75, 3.05) is 6.61 Å². The van der Waals surface area contributed by atoms with Gasteiger partial charge in [-0.15, -0.1) is 0 Å². The molecule has 1 amide bonds. The molecule has 0 saturated heterocycles. The Morgan fingerprint density at radius 2 is 1.69 bits per heavy atom. The summed E-state index contributed by atoms with van der Waals surface area (Å²) in [5.41, 5.74) is -0.503. The van der Waals surface area contributed by atoms with Crippen LogP contribution in [0.4, 0.5) is 0 Å². The zero-order chi connectivity index (χ0) is 21.6. The van der Waals surface area contributed by atoms with E-state index < -0.39 is 24.0 Å². The molecule has 0 spiro atoms. The van der Waals surface area contributed by atoms with Crippen LogP contribution < -0.4 is 5.32 Å². The Balaban J connectivity index is 2.12. The lowest BCUT2D eigenvalue weighted by Gasteiger charge is -2.27. The van der Waals surface area contributed by atoms with Gasteiger partial charge in [-0.25, -0.2) is 4.79 Å². The zero-order valence-corrected chi connectivity index (χ0v) is 17.1. The summed E-state index contributed by atoms with van der Waals surface area (Å²) in [6.07, 6.45) is 0. The molecule has 0 radical (unpaired) electrons. The fourth-order valence-electron chi connectivity index (χ4n) is 2.45. The second-order valence-corrected chi connectivity index (χ2v) is 7.41. The van der Waals surface area contributed by atoms with Crippen molar-refractivity contribution >= 4 is 29.3 Å². The van der Waals surface area contributed by atoms with Crippen LogP contribution in [0.1, 0.15) is 47.1 Å². The molecular weight excluding hydrogens is 392 g/mol. The summed E-state index contributed by atoms with van der Waals surface area (Å²) < 4.78 is 5.07. The molecular formula is C22H21ClN2O4. The van der Waals surface area contributed by atoms with E-state index in [4.69, 9.17) is 16.3 Å². The molecule has 0 aliphatic rings. The Morgan fingerprint density at radius 1 is 1.10 bits per heavy atom. The Labute approximate surface area is 174 Å². The first kappa shape index (κ1) is 22.1. The molecule has 150 valence electrons. The number of hydrogen-bond donors (Lipinski definition) is 1. The van der Waals surface area contributed by atoms with Crippen LogP contribution >= 0.6 is 11.6 Å². The van der Waals surface area contributed by atoms with Crippen LogP contribution in [0.15, 0.2) is 48.5 Å². The Morgan fingerprint density at radius 3 is 2.24 bits per heavy atom. The average molecular weight is 413 g/mol. The SMILES string of the molecule is CC(C)[C@](C)(C#N)NC(=O)COC(=O)c1ccccc1C(=O)c1ccc(Cl)cc1. The molecule has 0 unspecified atom stereocenters. The van der Waals surface area contributed by atoms with Crippen LogP contribution in [-0.4, -0.2) is 29.8 Å². The van der Waals surface area contributed by atoms with E-state index in [9.17, 15) is 19.6 Å². The predicted octanol–water partition coefficient (Wildman–Crippen LogP) is 3.78. The minimum absolute atomic E-state index is 0.0483. The third-order valence-electron chi connectivity index (χ3n) is 4.62. The number of carbonyl (C=O) groups excluding carboxylic acids is 3. The summed E-state index contributed by atoms with van der Waals surface area (Å²) in [7, 11) is 0. The van der Waals surface area contributed by atoms with Crippen LogP contribution in [-0.2, 0) is 9.53 Å². The summed E-state index contributed by atoms with van der Waals surface area (Å²) >= 11 is 5.85. The zero-order valence-electron chi connectivity index (χ0n) is 16.4. The van der Waals surface area contributed by atoms with Crippen molar-refractivity contribution in [3.05, 3.63) is 70.2 Å². The molecule has 1 atom stereocenters. The van der Waals surface area contributed by atoms with Gasteiger partial charge in [-0.2, -0.15) is 5.26 Å². The number of amides is 1. The maximum Gasteiger partial charge on any atom is 0.339 e. The monoisotopic (exact) mass is 412 g/mol. The van der Waals surface area contributed by atoms with Gasteiger partial charge in [0.25, 0.3) is 5.91 Å². The van der Waals surface area contributed by atoms with Gasteiger partial charge in [-0.3, -0.25) is 9.59 Å². The normalized spacial score (nSPS) is 12.6. The van der Waals surface area contributed by atoms with Crippen molar-refractivity contribution in [1.82, 2.24) is 5.32 Å². The summed E-state index contributed by atoms with van der Waals surface area (Å²) in [6.45, 7) is 4.63. The van der Waals surface area contributed by atoms with Gasteiger partial charge in [0.15, 0.2) is 12.4 Å². The van der Waals surface area contributed by atoms with E-state index in [2.05, 4.69) is 5.32 Å². The van der Waals surface area contributed by atoms with Crippen molar-refractivity contribution in [1.29, 1.82) is 5.26 Å². The highest BCUT2D eigenvalue weighted by Crippen LogP contribution is 2.18. The molecule has 0 aliphatic heterocycles. The highest BCUT2D eigenvalue weighted by atomic mass is 35.5. The molecule has 2 aromatic rings. The molecule has 2 aromatic carbocycles. The average Bonchev–Trinajstić information content (AvgIpc) is 2.71. The highest BCUT2D eigenvalue weighted by Gasteiger charge is 2.30. The predicted molar refractivity (Wildman–Crippen MR) is 109 cm³/mol. The second kappa shape index (κ2) is 9.35. The van der Waals surface area contributed by atoms with Crippen molar-refractivity contribution < 1.29 is 19.1 Å². The molecule has 6 nitrogen and oxygen atoms in total. The first-order chi connectivity index (χ1) is 13.7. The molecule has 0 aliphatic carbocycles. The number of rotatable bonds is 7. The van der Waals surface area contributed by atoms with Gasteiger partial charge in [0.05, 0.1) is 11.6 Å². The first-order valence-electron chi connectivity index (χ1n) is 8.96. The molecule has 0 fully saturated rings. The Kier molecular flexibility index (Phi) is 7.13. The number of nitriles is 1. The van der Waals surface area contributed by atoms with Crippen molar-refractivity contribution in [2.24, 2.45) is 5.92 Å². The fourth-order valence-corrected chi connectivity index (χ4v) is 2.58. The van der Waals surface area contributed by atoms with Crippen LogP contribution in [0.3, 0.4) is 0 Å². The number of esters is 1. The third-order valence-corrected chi connectivity index (χ3v) is 4.87. The van der Waals surface area contributed by atoms with E-state index in [1.54, 1.807) is 57.2 Å².